The fourth-order valence-corrected chi connectivity index (χ4v) is 2.13. The molecule has 0 bridgehead atoms. The van der Waals surface area contributed by atoms with Crippen molar-refractivity contribution in [2.75, 3.05) is 39.3 Å². The topological polar surface area (TPSA) is 70.7 Å². The molecule has 0 spiro atoms. The van der Waals surface area contributed by atoms with Gasteiger partial charge < -0.3 is 20.3 Å². The van der Waals surface area contributed by atoms with Crippen LogP contribution >= 0.6 is 0 Å². The van der Waals surface area contributed by atoms with E-state index in [1.165, 1.54) is 0 Å². The normalized spacial score (nSPS) is 18.6. The summed E-state index contributed by atoms with van der Waals surface area (Å²) in [6.45, 7) is 7.60. The number of nitrogens with zero attached hydrogens (tertiary/aromatic N) is 1. The Kier molecular flexibility index (Phi) is 8.22. The van der Waals surface area contributed by atoms with E-state index in [9.17, 15) is 9.59 Å². The number of nitrogens with one attached hydrogen (secondary N) is 2. The van der Waals surface area contributed by atoms with Crippen LogP contribution in [0, 0.1) is 0 Å². The molecule has 2 N–H and O–H groups in total. The molecule has 1 aliphatic rings. The Morgan fingerprint density at radius 2 is 2.15 bits per heavy atom. The average molecular weight is 285 g/mol. The molecular weight excluding hydrogens is 258 g/mol. The van der Waals surface area contributed by atoms with E-state index in [4.69, 9.17) is 4.74 Å². The van der Waals surface area contributed by atoms with Gasteiger partial charge in [0, 0.05) is 26.2 Å². The highest BCUT2D eigenvalue weighted by atomic mass is 16.5. The van der Waals surface area contributed by atoms with Crippen molar-refractivity contribution >= 4 is 11.8 Å². The molecule has 0 aromatic heterocycles. The lowest BCUT2D eigenvalue weighted by Gasteiger charge is -2.27. The standard InChI is InChI=1S/C14H27N3O3/c1-3-5-16-13(18)11-17(7-4-2)14(19)9-12-10-15-6-8-20-12/h12,15H,3-11H2,1-2H3,(H,16,18). The van der Waals surface area contributed by atoms with Gasteiger partial charge in [-0.3, -0.25) is 9.59 Å². The van der Waals surface area contributed by atoms with Gasteiger partial charge in [0.1, 0.15) is 0 Å². The molecule has 0 aliphatic carbocycles. The van der Waals surface area contributed by atoms with Crippen LogP contribution in [0.15, 0.2) is 0 Å². The molecule has 1 rings (SSSR count). The van der Waals surface area contributed by atoms with E-state index in [1.807, 2.05) is 13.8 Å². The number of hydrogen-bond acceptors (Lipinski definition) is 4. The molecule has 6 heteroatoms. The van der Waals surface area contributed by atoms with Crippen molar-refractivity contribution < 1.29 is 14.3 Å². The van der Waals surface area contributed by atoms with Gasteiger partial charge in [-0.2, -0.15) is 0 Å². The lowest BCUT2D eigenvalue weighted by molar-refractivity contribution is -0.138. The highest BCUT2D eigenvalue weighted by molar-refractivity contribution is 5.85. The van der Waals surface area contributed by atoms with Crippen LogP contribution in [0.2, 0.25) is 0 Å². The quantitative estimate of drug-likeness (QED) is 0.665. The molecule has 116 valence electrons. The number of carbonyl (C=O) groups is 2. The summed E-state index contributed by atoms with van der Waals surface area (Å²) >= 11 is 0. The number of morpholine rings is 1. The third-order valence-electron chi connectivity index (χ3n) is 3.16. The monoisotopic (exact) mass is 285 g/mol. The van der Waals surface area contributed by atoms with Gasteiger partial charge in [-0.1, -0.05) is 13.8 Å². The largest absolute Gasteiger partial charge is 0.375 e. The first-order valence-electron chi connectivity index (χ1n) is 7.54. The summed E-state index contributed by atoms with van der Waals surface area (Å²) in [7, 11) is 0. The fraction of sp³-hybridized carbons (Fsp3) is 0.857. The summed E-state index contributed by atoms with van der Waals surface area (Å²) < 4.78 is 5.54. The molecule has 0 aromatic rings. The van der Waals surface area contributed by atoms with Crippen LogP contribution in [0.3, 0.4) is 0 Å². The van der Waals surface area contributed by atoms with Crippen molar-refractivity contribution in [3.63, 3.8) is 0 Å². The lowest BCUT2D eigenvalue weighted by atomic mass is 10.2. The lowest BCUT2D eigenvalue weighted by Crippen LogP contribution is -2.45. The Hall–Kier alpha value is -1.14. The van der Waals surface area contributed by atoms with Crippen molar-refractivity contribution in [1.82, 2.24) is 15.5 Å². The van der Waals surface area contributed by atoms with Crippen LogP contribution in [-0.2, 0) is 14.3 Å². The smallest absolute Gasteiger partial charge is 0.239 e. The van der Waals surface area contributed by atoms with Gasteiger partial charge in [-0.25, -0.2) is 0 Å². The maximum Gasteiger partial charge on any atom is 0.239 e. The first-order valence-corrected chi connectivity index (χ1v) is 7.54. The molecule has 0 aromatic carbocycles. The molecule has 0 radical (unpaired) electrons. The molecule has 1 unspecified atom stereocenters. The van der Waals surface area contributed by atoms with Crippen molar-refractivity contribution in [1.29, 1.82) is 0 Å². The molecule has 20 heavy (non-hydrogen) atoms. The van der Waals surface area contributed by atoms with E-state index >= 15 is 0 Å². The third-order valence-corrected chi connectivity index (χ3v) is 3.16. The van der Waals surface area contributed by atoms with Crippen LogP contribution in [0.4, 0.5) is 0 Å². The first kappa shape index (κ1) is 16.9. The Morgan fingerprint density at radius 1 is 1.35 bits per heavy atom. The molecule has 1 saturated heterocycles. The first-order chi connectivity index (χ1) is 9.67. The van der Waals surface area contributed by atoms with E-state index in [0.717, 1.165) is 19.4 Å². The molecule has 1 heterocycles. The van der Waals surface area contributed by atoms with Crippen molar-refractivity contribution in [3.05, 3.63) is 0 Å². The number of rotatable bonds is 8. The van der Waals surface area contributed by atoms with Gasteiger partial charge in [0.25, 0.3) is 0 Å². The van der Waals surface area contributed by atoms with Gasteiger partial charge >= 0.3 is 0 Å². The van der Waals surface area contributed by atoms with Crippen LogP contribution in [0.25, 0.3) is 0 Å². The van der Waals surface area contributed by atoms with Crippen molar-refractivity contribution in [3.8, 4) is 0 Å². The average Bonchev–Trinajstić information content (AvgIpc) is 2.45. The fourth-order valence-electron chi connectivity index (χ4n) is 2.13. The van der Waals surface area contributed by atoms with E-state index in [1.54, 1.807) is 4.90 Å². The number of carbonyl (C=O) groups excluding carboxylic acids is 2. The summed E-state index contributed by atoms with van der Waals surface area (Å²) in [5.41, 5.74) is 0. The third kappa shape index (κ3) is 6.34. The Labute approximate surface area is 121 Å². The summed E-state index contributed by atoms with van der Waals surface area (Å²) in [5.74, 6) is -0.0939. The zero-order chi connectivity index (χ0) is 14.8. The summed E-state index contributed by atoms with van der Waals surface area (Å²) in [5, 5.41) is 6.01. The van der Waals surface area contributed by atoms with Crippen LogP contribution in [0.5, 0.6) is 0 Å². The predicted octanol–water partition coefficient (Wildman–Crippen LogP) is 0.130. The van der Waals surface area contributed by atoms with Crippen molar-refractivity contribution in [2.45, 2.75) is 39.2 Å². The molecule has 1 aliphatic heterocycles. The Bertz CT molecular complexity index is 304. The summed E-state index contributed by atoms with van der Waals surface area (Å²) in [4.78, 5) is 25.6. The highest BCUT2D eigenvalue weighted by Gasteiger charge is 2.22. The Balaban J connectivity index is 2.42. The Morgan fingerprint density at radius 3 is 2.75 bits per heavy atom. The highest BCUT2D eigenvalue weighted by Crippen LogP contribution is 2.05. The summed E-state index contributed by atoms with van der Waals surface area (Å²) in [6, 6.07) is 0. The van der Waals surface area contributed by atoms with Gasteiger partial charge in [-0.15, -0.1) is 0 Å². The zero-order valence-corrected chi connectivity index (χ0v) is 12.6. The second-order valence-electron chi connectivity index (χ2n) is 5.07. The van der Waals surface area contributed by atoms with Crippen LogP contribution in [-0.4, -0.2) is 62.1 Å². The number of ether oxygens (including phenoxy) is 1. The number of amides is 2. The van der Waals surface area contributed by atoms with Gasteiger partial charge in [0.2, 0.25) is 11.8 Å². The second-order valence-corrected chi connectivity index (χ2v) is 5.07. The maximum absolute atomic E-state index is 12.2. The number of hydrogen-bond donors (Lipinski definition) is 2. The molecule has 1 atom stereocenters. The van der Waals surface area contributed by atoms with E-state index in [0.29, 0.717) is 32.7 Å². The zero-order valence-electron chi connectivity index (χ0n) is 12.6. The second kappa shape index (κ2) is 9.72. The van der Waals surface area contributed by atoms with Crippen LogP contribution in [0.1, 0.15) is 33.1 Å². The van der Waals surface area contributed by atoms with E-state index in [-0.39, 0.29) is 24.5 Å². The minimum atomic E-state index is -0.0867. The maximum atomic E-state index is 12.2. The molecular formula is C14H27N3O3. The van der Waals surface area contributed by atoms with Gasteiger partial charge in [0.15, 0.2) is 0 Å². The predicted molar refractivity (Wildman–Crippen MR) is 77.4 cm³/mol. The minimum absolute atomic E-state index is 0.00722. The van der Waals surface area contributed by atoms with Crippen LogP contribution < -0.4 is 10.6 Å². The molecule has 2 amide bonds. The SMILES string of the molecule is CCCNC(=O)CN(CCC)C(=O)CC1CNCCO1. The molecule has 0 saturated carbocycles. The molecule has 6 nitrogen and oxygen atoms in total. The minimum Gasteiger partial charge on any atom is -0.375 e. The summed E-state index contributed by atoms with van der Waals surface area (Å²) in [6.07, 6.45) is 2.01. The van der Waals surface area contributed by atoms with E-state index < -0.39 is 0 Å². The van der Waals surface area contributed by atoms with Crippen molar-refractivity contribution in [2.24, 2.45) is 0 Å². The van der Waals surface area contributed by atoms with Gasteiger partial charge in [0.05, 0.1) is 25.7 Å². The van der Waals surface area contributed by atoms with E-state index in [2.05, 4.69) is 10.6 Å². The molecule has 1 fully saturated rings. The van der Waals surface area contributed by atoms with Gasteiger partial charge in [-0.05, 0) is 12.8 Å².